The maximum Gasteiger partial charge on any atom is 0.356 e. The molecule has 0 bridgehead atoms. The normalized spacial score (nSPS) is 9.30. The summed E-state index contributed by atoms with van der Waals surface area (Å²) in [6, 6.07) is 5.50. The van der Waals surface area contributed by atoms with Crippen molar-refractivity contribution in [1.29, 1.82) is 0 Å². The number of nitrogens with two attached hydrogens (primary N) is 1. The van der Waals surface area contributed by atoms with Crippen molar-refractivity contribution in [3.8, 4) is 5.75 Å². The van der Waals surface area contributed by atoms with E-state index in [1.165, 1.54) is 0 Å². The van der Waals surface area contributed by atoms with E-state index >= 15 is 0 Å². The van der Waals surface area contributed by atoms with Crippen molar-refractivity contribution in [3.05, 3.63) is 23.8 Å². The summed E-state index contributed by atoms with van der Waals surface area (Å²) in [6.07, 6.45) is 0. The van der Waals surface area contributed by atoms with Gasteiger partial charge in [-0.2, -0.15) is 0 Å². The van der Waals surface area contributed by atoms with Crippen LogP contribution in [0.1, 0.15) is 5.56 Å². The minimum absolute atomic E-state index is 0.736. The maximum absolute atomic E-state index is 5.59. The summed E-state index contributed by atoms with van der Waals surface area (Å²) in [4.78, 5) is 0. The first kappa shape index (κ1) is 6.81. The van der Waals surface area contributed by atoms with Gasteiger partial charge in [-0.15, -0.1) is 0 Å². The van der Waals surface area contributed by atoms with Crippen LogP contribution in [-0.4, -0.2) is 6.79 Å². The number of nitrogen functional groups attached to an aromatic ring is 1. The second-order valence-electron chi connectivity index (χ2n) is 2.11. The molecule has 0 saturated carbocycles. The van der Waals surface area contributed by atoms with Gasteiger partial charge in [0.15, 0.2) is 0 Å². The summed E-state index contributed by atoms with van der Waals surface area (Å²) < 4.78 is 4.80. The molecule has 2 N–H and O–H groups in total. The van der Waals surface area contributed by atoms with Crippen LogP contribution in [0.4, 0.5) is 5.69 Å². The summed E-state index contributed by atoms with van der Waals surface area (Å²) >= 11 is 0. The fourth-order valence-corrected chi connectivity index (χ4v) is 0.788. The molecule has 0 aromatic heterocycles. The van der Waals surface area contributed by atoms with Crippen LogP contribution in [0.3, 0.4) is 0 Å². The van der Waals surface area contributed by atoms with E-state index in [0.29, 0.717) is 0 Å². The van der Waals surface area contributed by atoms with Crippen molar-refractivity contribution >= 4 is 12.5 Å². The van der Waals surface area contributed by atoms with Crippen LogP contribution in [0.2, 0.25) is 0 Å². The van der Waals surface area contributed by atoms with E-state index in [2.05, 4.69) is 6.79 Å². The Morgan fingerprint density at radius 3 is 2.70 bits per heavy atom. The molecule has 0 amide bonds. The quantitative estimate of drug-likeness (QED) is 0.462. The van der Waals surface area contributed by atoms with E-state index in [-0.39, 0.29) is 0 Å². The molecule has 0 aliphatic rings. The van der Waals surface area contributed by atoms with Crippen LogP contribution >= 0.6 is 0 Å². The zero-order valence-corrected chi connectivity index (χ0v) is 5.92. The molecule has 0 saturated heterocycles. The molecule has 0 atom stereocenters. The smallest absolute Gasteiger partial charge is 0.356 e. The fraction of sp³-hybridized carbons (Fsp3) is 0.125. The van der Waals surface area contributed by atoms with Crippen LogP contribution < -0.4 is 5.73 Å². The molecule has 0 aliphatic heterocycles. The van der Waals surface area contributed by atoms with Gasteiger partial charge < -0.3 is 5.73 Å². The number of benzene rings is 1. The van der Waals surface area contributed by atoms with Crippen LogP contribution in [0.25, 0.3) is 0 Å². The summed E-state index contributed by atoms with van der Waals surface area (Å²) in [5.41, 5.74) is 7.27. The Kier molecular flexibility index (Phi) is 1.71. The Balaban J connectivity index is 3.27. The average Bonchev–Trinajstić information content (AvgIpc) is 1.95. The number of anilines is 1. The van der Waals surface area contributed by atoms with Gasteiger partial charge in [-0.1, -0.05) is 6.07 Å². The lowest BCUT2D eigenvalue weighted by Gasteiger charge is -1.93. The Bertz CT molecular complexity index is 255. The van der Waals surface area contributed by atoms with Gasteiger partial charge in [-0.05, 0) is 13.0 Å². The average molecular weight is 136 g/mol. The first-order valence-corrected chi connectivity index (χ1v) is 3.03. The number of hydrogen-bond donors (Lipinski definition) is 1. The molecule has 2 heteroatoms. The third-order valence-corrected chi connectivity index (χ3v) is 1.48. The molecule has 52 valence electrons. The standard InChI is InChI=1S/C8H10NO/c1-6-7(9)4-3-5-8(6)10-2/h3-5H,2,9H2,1H3/q+1. The number of rotatable bonds is 1. The molecular weight excluding hydrogens is 126 g/mol. The Labute approximate surface area is 60.0 Å². The number of hydrogen-bond acceptors (Lipinski definition) is 1. The van der Waals surface area contributed by atoms with E-state index < -0.39 is 0 Å². The third-order valence-electron chi connectivity index (χ3n) is 1.48. The van der Waals surface area contributed by atoms with Crippen molar-refractivity contribution in [3.63, 3.8) is 0 Å². The highest BCUT2D eigenvalue weighted by Crippen LogP contribution is 2.21. The fourth-order valence-electron chi connectivity index (χ4n) is 0.788. The van der Waals surface area contributed by atoms with Crippen LogP contribution in [-0.2, 0) is 4.42 Å². The topological polar surface area (TPSA) is 37.3 Å². The monoisotopic (exact) mass is 136 g/mol. The highest BCUT2D eigenvalue weighted by Gasteiger charge is 2.06. The van der Waals surface area contributed by atoms with Gasteiger partial charge in [0.1, 0.15) is 0 Å². The molecule has 10 heavy (non-hydrogen) atoms. The molecule has 1 rings (SSSR count). The first-order valence-electron chi connectivity index (χ1n) is 3.03. The Morgan fingerprint density at radius 1 is 1.50 bits per heavy atom. The first-order chi connectivity index (χ1) is 4.75. The van der Waals surface area contributed by atoms with Crippen molar-refractivity contribution < 1.29 is 4.42 Å². The molecule has 1 aromatic rings. The minimum atomic E-state index is 0.736. The molecular formula is C8H10NO+. The predicted octanol–water partition coefficient (Wildman–Crippen LogP) is 1.65. The lowest BCUT2D eigenvalue weighted by Crippen LogP contribution is -1.88. The van der Waals surface area contributed by atoms with Gasteiger partial charge in [-0.3, -0.25) is 0 Å². The van der Waals surface area contributed by atoms with E-state index in [1.807, 2.05) is 25.1 Å². The lowest BCUT2D eigenvalue weighted by molar-refractivity contribution is -0.355. The second kappa shape index (κ2) is 2.52. The van der Waals surface area contributed by atoms with E-state index in [4.69, 9.17) is 10.2 Å². The molecule has 0 radical (unpaired) electrons. The minimum Gasteiger partial charge on any atom is -0.398 e. The Morgan fingerprint density at radius 2 is 2.20 bits per heavy atom. The van der Waals surface area contributed by atoms with Crippen molar-refractivity contribution in [2.75, 3.05) is 5.73 Å². The second-order valence-corrected chi connectivity index (χ2v) is 2.11. The van der Waals surface area contributed by atoms with E-state index in [0.717, 1.165) is 17.0 Å². The molecule has 1 aromatic carbocycles. The number of carbonyl (C=O) groups excluding carboxylic acids is 1. The van der Waals surface area contributed by atoms with Crippen LogP contribution in [0.15, 0.2) is 18.2 Å². The van der Waals surface area contributed by atoms with E-state index in [9.17, 15) is 0 Å². The maximum atomic E-state index is 5.59. The molecule has 2 nitrogen and oxygen atoms in total. The highest BCUT2D eigenvalue weighted by molar-refractivity contribution is 5.52. The molecule has 0 unspecified atom stereocenters. The van der Waals surface area contributed by atoms with Crippen molar-refractivity contribution in [2.45, 2.75) is 6.92 Å². The largest absolute Gasteiger partial charge is 0.398 e. The molecule has 0 spiro atoms. The zero-order valence-electron chi connectivity index (χ0n) is 5.92. The van der Waals surface area contributed by atoms with Gasteiger partial charge >= 0.3 is 5.75 Å². The highest BCUT2D eigenvalue weighted by atomic mass is 16.4. The predicted molar refractivity (Wildman–Crippen MR) is 42.2 cm³/mol. The third kappa shape index (κ3) is 1.00. The van der Waals surface area contributed by atoms with Gasteiger partial charge in [0.2, 0.25) is 0 Å². The van der Waals surface area contributed by atoms with Crippen molar-refractivity contribution in [2.24, 2.45) is 0 Å². The summed E-state index contributed by atoms with van der Waals surface area (Å²) in [5, 5.41) is 0. The zero-order chi connectivity index (χ0) is 7.56. The molecule has 0 fully saturated rings. The molecule has 0 aliphatic carbocycles. The van der Waals surface area contributed by atoms with Crippen molar-refractivity contribution in [1.82, 2.24) is 0 Å². The SMILES string of the molecule is C=[O+]c1cccc(N)c1C. The van der Waals surface area contributed by atoms with E-state index in [1.54, 1.807) is 0 Å². The van der Waals surface area contributed by atoms with Gasteiger partial charge in [0, 0.05) is 11.8 Å². The summed E-state index contributed by atoms with van der Waals surface area (Å²) in [5.74, 6) is 0.736. The summed E-state index contributed by atoms with van der Waals surface area (Å²) in [7, 11) is 0. The van der Waals surface area contributed by atoms with Crippen LogP contribution in [0.5, 0.6) is 5.75 Å². The summed E-state index contributed by atoms with van der Waals surface area (Å²) in [6.45, 7) is 5.20. The lowest BCUT2D eigenvalue weighted by atomic mass is 10.2. The molecule has 0 heterocycles. The van der Waals surface area contributed by atoms with Crippen LogP contribution in [0, 0.1) is 6.92 Å². The Hall–Kier alpha value is -1.31. The van der Waals surface area contributed by atoms with Gasteiger partial charge in [-0.25, -0.2) is 4.42 Å². The van der Waals surface area contributed by atoms with Gasteiger partial charge in [0.05, 0.1) is 5.56 Å². The van der Waals surface area contributed by atoms with Gasteiger partial charge in [0.25, 0.3) is 6.79 Å².